The van der Waals surface area contributed by atoms with Gasteiger partial charge >= 0.3 is 11.9 Å². The predicted octanol–water partition coefficient (Wildman–Crippen LogP) is 13.1. The quantitative estimate of drug-likeness (QED) is 0.0443. The minimum atomic E-state index is -0.741. The lowest BCUT2D eigenvalue weighted by atomic mass is 10.0. The molecule has 1 atom stereocenters. The Morgan fingerprint density at radius 2 is 0.837 bits per heavy atom. The molecule has 1 unspecified atom stereocenters. The van der Waals surface area contributed by atoms with E-state index in [1.54, 1.807) is 0 Å². The Hall–Kier alpha value is -1.32. The van der Waals surface area contributed by atoms with Gasteiger partial charge in [-0.05, 0) is 64.2 Å². The van der Waals surface area contributed by atoms with Crippen molar-refractivity contribution >= 4 is 11.9 Å². The topological polar surface area (TPSA) is 63.6 Å². The number of aliphatic carboxylic acids is 1. The van der Waals surface area contributed by atoms with Gasteiger partial charge in [0.15, 0.2) is 0 Å². The van der Waals surface area contributed by atoms with Crippen molar-refractivity contribution in [3.8, 4) is 0 Å². The molecule has 1 N–H and O–H groups in total. The second kappa shape index (κ2) is 35.2. The summed E-state index contributed by atoms with van der Waals surface area (Å²) in [5, 5.41) is 8.94. The average Bonchev–Trinajstić information content (AvgIpc) is 2.99. The predicted molar refractivity (Wildman–Crippen MR) is 186 cm³/mol. The smallest absolute Gasteiger partial charge is 0.306 e. The monoisotopic (exact) mass is 607 g/mol. The fourth-order valence-electron chi connectivity index (χ4n) is 5.89. The van der Waals surface area contributed by atoms with Crippen LogP contribution in [0.2, 0.25) is 0 Å². The molecule has 0 aliphatic rings. The normalized spacial score (nSPS) is 12.2. The summed E-state index contributed by atoms with van der Waals surface area (Å²) in [7, 11) is 0. The third kappa shape index (κ3) is 35.0. The number of ether oxygens (including phenoxy) is 1. The Bertz CT molecular complexity index is 614. The molecule has 0 heterocycles. The highest BCUT2D eigenvalue weighted by molar-refractivity contribution is 5.69. The Kier molecular flexibility index (Phi) is 34.1. The maximum atomic E-state index is 12.5. The second-order valence-corrected chi connectivity index (χ2v) is 13.1. The molecule has 0 aromatic carbocycles. The number of carboxylic acids is 1. The van der Waals surface area contributed by atoms with Gasteiger partial charge in [0.1, 0.15) is 6.10 Å². The molecular weight excluding hydrogens is 532 g/mol. The first-order valence-electron chi connectivity index (χ1n) is 19.2. The molecule has 0 aromatic rings. The molecule has 0 aliphatic carbocycles. The van der Waals surface area contributed by atoms with Crippen molar-refractivity contribution < 1.29 is 19.4 Å². The summed E-state index contributed by atoms with van der Waals surface area (Å²) in [4.78, 5) is 23.4. The SMILES string of the molecule is CCCCCC/C=C\CCCCCCCCC(=O)OC(CCCCCCCCCCCCCCCC)CCCCC(=O)O. The number of carbonyl (C=O) groups is 2. The minimum Gasteiger partial charge on any atom is -0.481 e. The van der Waals surface area contributed by atoms with Crippen LogP contribution < -0.4 is 0 Å². The van der Waals surface area contributed by atoms with E-state index in [9.17, 15) is 9.59 Å². The molecule has 0 amide bonds. The maximum absolute atomic E-state index is 12.5. The van der Waals surface area contributed by atoms with E-state index in [1.165, 1.54) is 148 Å². The summed E-state index contributed by atoms with van der Waals surface area (Å²) in [5.41, 5.74) is 0. The highest BCUT2D eigenvalue weighted by Crippen LogP contribution is 2.18. The van der Waals surface area contributed by atoms with E-state index in [2.05, 4.69) is 26.0 Å². The lowest BCUT2D eigenvalue weighted by molar-refractivity contribution is -0.150. The molecule has 0 bridgehead atoms. The third-order valence-corrected chi connectivity index (χ3v) is 8.74. The van der Waals surface area contributed by atoms with E-state index >= 15 is 0 Å². The summed E-state index contributed by atoms with van der Waals surface area (Å²) in [6.07, 6.45) is 42.2. The van der Waals surface area contributed by atoms with Gasteiger partial charge in [0.05, 0.1) is 0 Å². The van der Waals surface area contributed by atoms with Crippen LogP contribution in [0.3, 0.4) is 0 Å². The highest BCUT2D eigenvalue weighted by Gasteiger charge is 2.14. The van der Waals surface area contributed by atoms with Gasteiger partial charge in [-0.3, -0.25) is 9.59 Å². The van der Waals surface area contributed by atoms with Crippen LogP contribution in [0.4, 0.5) is 0 Å². The molecule has 0 radical (unpaired) electrons. The van der Waals surface area contributed by atoms with Crippen molar-refractivity contribution in [2.75, 3.05) is 0 Å². The van der Waals surface area contributed by atoms with Gasteiger partial charge in [0.25, 0.3) is 0 Å². The van der Waals surface area contributed by atoms with Crippen molar-refractivity contribution in [2.45, 2.75) is 225 Å². The van der Waals surface area contributed by atoms with Crippen LogP contribution in [0.1, 0.15) is 219 Å². The molecule has 4 heteroatoms. The van der Waals surface area contributed by atoms with Crippen LogP contribution in [-0.4, -0.2) is 23.1 Å². The van der Waals surface area contributed by atoms with Crippen LogP contribution in [-0.2, 0) is 14.3 Å². The Morgan fingerprint density at radius 1 is 0.488 bits per heavy atom. The van der Waals surface area contributed by atoms with Crippen LogP contribution in [0.5, 0.6) is 0 Å². The van der Waals surface area contributed by atoms with Gasteiger partial charge in [0.2, 0.25) is 0 Å². The first-order chi connectivity index (χ1) is 21.1. The van der Waals surface area contributed by atoms with E-state index in [0.29, 0.717) is 12.8 Å². The molecule has 4 nitrogen and oxygen atoms in total. The molecule has 0 aliphatic heterocycles. The number of esters is 1. The van der Waals surface area contributed by atoms with Crippen molar-refractivity contribution in [2.24, 2.45) is 0 Å². The van der Waals surface area contributed by atoms with Crippen LogP contribution in [0.25, 0.3) is 0 Å². The molecule has 0 saturated carbocycles. The third-order valence-electron chi connectivity index (χ3n) is 8.74. The van der Waals surface area contributed by atoms with Crippen LogP contribution in [0, 0.1) is 0 Å². The Balaban J connectivity index is 3.88. The summed E-state index contributed by atoms with van der Waals surface area (Å²) in [6, 6.07) is 0. The van der Waals surface area contributed by atoms with Crippen molar-refractivity contribution in [3.05, 3.63) is 12.2 Å². The first-order valence-corrected chi connectivity index (χ1v) is 19.2. The van der Waals surface area contributed by atoms with Crippen LogP contribution >= 0.6 is 0 Å². The fraction of sp³-hybridized carbons (Fsp3) is 0.897. The van der Waals surface area contributed by atoms with Crippen molar-refractivity contribution in [1.82, 2.24) is 0 Å². The Labute approximate surface area is 268 Å². The van der Waals surface area contributed by atoms with Crippen molar-refractivity contribution in [3.63, 3.8) is 0 Å². The number of allylic oxidation sites excluding steroid dienone is 2. The molecule has 0 spiro atoms. The highest BCUT2D eigenvalue weighted by atomic mass is 16.5. The summed E-state index contributed by atoms with van der Waals surface area (Å²) >= 11 is 0. The van der Waals surface area contributed by atoms with E-state index < -0.39 is 5.97 Å². The van der Waals surface area contributed by atoms with Gasteiger partial charge < -0.3 is 9.84 Å². The number of rotatable bonds is 35. The van der Waals surface area contributed by atoms with E-state index in [4.69, 9.17) is 9.84 Å². The summed E-state index contributed by atoms with van der Waals surface area (Å²) in [6.45, 7) is 4.54. The number of carboxylic acid groups (broad SMARTS) is 1. The Morgan fingerprint density at radius 3 is 1.30 bits per heavy atom. The second-order valence-electron chi connectivity index (χ2n) is 13.1. The largest absolute Gasteiger partial charge is 0.481 e. The zero-order valence-corrected chi connectivity index (χ0v) is 29.0. The van der Waals surface area contributed by atoms with Gasteiger partial charge in [-0.15, -0.1) is 0 Å². The average molecular weight is 607 g/mol. The van der Waals surface area contributed by atoms with Gasteiger partial charge in [-0.2, -0.15) is 0 Å². The number of hydrogen-bond acceptors (Lipinski definition) is 3. The molecule has 254 valence electrons. The first kappa shape index (κ1) is 41.7. The van der Waals surface area contributed by atoms with E-state index in [0.717, 1.165) is 38.5 Å². The molecule has 0 fully saturated rings. The standard InChI is InChI=1S/C39H74O4/c1-3-5-7-9-11-13-15-17-19-21-23-25-27-29-33-37(34-31-32-35-38(40)41)43-39(42)36-30-28-26-24-22-20-18-16-14-12-10-8-6-4-2/h14,16,37H,3-13,15,17-36H2,1-2H3,(H,40,41)/b16-14-. The fourth-order valence-corrected chi connectivity index (χ4v) is 5.89. The zero-order chi connectivity index (χ0) is 31.5. The number of hydrogen-bond donors (Lipinski definition) is 1. The van der Waals surface area contributed by atoms with E-state index in [-0.39, 0.29) is 18.5 Å². The molecule has 0 aromatic heterocycles. The van der Waals surface area contributed by atoms with Crippen LogP contribution in [0.15, 0.2) is 12.2 Å². The minimum absolute atomic E-state index is 0.0432. The zero-order valence-electron chi connectivity index (χ0n) is 29.0. The summed E-state index contributed by atoms with van der Waals surface area (Å²) < 4.78 is 5.89. The van der Waals surface area contributed by atoms with Gasteiger partial charge in [-0.1, -0.05) is 154 Å². The van der Waals surface area contributed by atoms with Gasteiger partial charge in [-0.25, -0.2) is 0 Å². The molecular formula is C39H74O4. The number of unbranched alkanes of at least 4 members (excludes halogenated alkanes) is 24. The summed E-state index contributed by atoms with van der Waals surface area (Å²) in [5.74, 6) is -0.799. The molecule has 0 rings (SSSR count). The number of carbonyl (C=O) groups excluding carboxylic acids is 1. The maximum Gasteiger partial charge on any atom is 0.306 e. The molecule has 0 saturated heterocycles. The lowest BCUT2D eigenvalue weighted by Gasteiger charge is -2.18. The molecule has 43 heavy (non-hydrogen) atoms. The van der Waals surface area contributed by atoms with Gasteiger partial charge in [0, 0.05) is 12.8 Å². The lowest BCUT2D eigenvalue weighted by Crippen LogP contribution is -2.18. The van der Waals surface area contributed by atoms with Crippen molar-refractivity contribution in [1.29, 1.82) is 0 Å². The van der Waals surface area contributed by atoms with E-state index in [1.807, 2.05) is 0 Å².